The molecule has 0 saturated carbocycles. The van der Waals surface area contributed by atoms with Crippen LogP contribution in [0.2, 0.25) is 0 Å². The van der Waals surface area contributed by atoms with Crippen LogP contribution < -0.4 is 5.32 Å². The summed E-state index contributed by atoms with van der Waals surface area (Å²) in [5.74, 6) is 0.979. The molecular formula is C41H30N2. The third-order valence-corrected chi connectivity index (χ3v) is 9.68. The van der Waals surface area contributed by atoms with Crippen LogP contribution in [0, 0.1) is 0 Å². The van der Waals surface area contributed by atoms with Gasteiger partial charge in [-0.05, 0) is 80.1 Å². The third-order valence-electron chi connectivity index (χ3n) is 9.68. The number of nitrogens with zero attached hydrogens (tertiary/aromatic N) is 1. The molecule has 0 bridgehead atoms. The van der Waals surface area contributed by atoms with Crippen molar-refractivity contribution < 1.29 is 0 Å². The predicted molar refractivity (Wildman–Crippen MR) is 177 cm³/mol. The minimum atomic E-state index is -0.322. The van der Waals surface area contributed by atoms with Gasteiger partial charge in [0, 0.05) is 5.70 Å². The predicted octanol–water partition coefficient (Wildman–Crippen LogP) is 9.27. The molecule has 0 radical (unpaired) electrons. The number of amidine groups is 1. The Balaban J connectivity index is 1.24. The van der Waals surface area contributed by atoms with E-state index in [1.807, 2.05) is 0 Å². The molecule has 0 fully saturated rings. The van der Waals surface area contributed by atoms with Crippen LogP contribution in [0.3, 0.4) is 0 Å². The molecule has 3 aliphatic carbocycles. The van der Waals surface area contributed by atoms with Crippen LogP contribution in [-0.4, -0.2) is 5.84 Å². The summed E-state index contributed by atoms with van der Waals surface area (Å²) in [5, 5.41) is 3.78. The molecule has 204 valence electrons. The largest absolute Gasteiger partial charge is 0.340 e. The molecule has 1 N–H and O–H groups in total. The van der Waals surface area contributed by atoms with Gasteiger partial charge in [0.05, 0.1) is 11.5 Å². The van der Waals surface area contributed by atoms with Crippen molar-refractivity contribution in [2.75, 3.05) is 0 Å². The first-order chi connectivity index (χ1) is 21.3. The van der Waals surface area contributed by atoms with Crippen molar-refractivity contribution in [3.8, 4) is 11.1 Å². The maximum Gasteiger partial charge on any atom is 0.129 e. The zero-order valence-electron chi connectivity index (χ0n) is 23.8. The number of benzene rings is 5. The molecule has 1 unspecified atom stereocenters. The van der Waals surface area contributed by atoms with Crippen LogP contribution in [0.15, 0.2) is 162 Å². The van der Waals surface area contributed by atoms with E-state index in [-0.39, 0.29) is 11.5 Å². The van der Waals surface area contributed by atoms with E-state index >= 15 is 0 Å². The topological polar surface area (TPSA) is 24.4 Å². The zero-order valence-corrected chi connectivity index (χ0v) is 23.8. The smallest absolute Gasteiger partial charge is 0.129 e. The van der Waals surface area contributed by atoms with E-state index in [2.05, 4.69) is 151 Å². The van der Waals surface area contributed by atoms with Crippen LogP contribution in [-0.2, 0) is 5.41 Å². The van der Waals surface area contributed by atoms with Crippen LogP contribution in [0.1, 0.15) is 52.3 Å². The van der Waals surface area contributed by atoms with Gasteiger partial charge in [0.1, 0.15) is 5.84 Å². The van der Waals surface area contributed by atoms with E-state index in [0.29, 0.717) is 0 Å². The first-order valence-corrected chi connectivity index (χ1v) is 15.2. The van der Waals surface area contributed by atoms with Gasteiger partial charge >= 0.3 is 0 Å². The fourth-order valence-electron chi connectivity index (χ4n) is 7.87. The fourth-order valence-corrected chi connectivity index (χ4v) is 7.87. The number of hydrogen-bond acceptors (Lipinski definition) is 2. The molecule has 5 aromatic carbocycles. The summed E-state index contributed by atoms with van der Waals surface area (Å²) in [4.78, 5) is 5.36. The Hall–Kier alpha value is -5.21. The van der Waals surface area contributed by atoms with Gasteiger partial charge in [0.2, 0.25) is 0 Å². The molecule has 2 nitrogen and oxygen atoms in total. The Bertz CT molecular complexity index is 2000. The number of hydrogen-bond donors (Lipinski definition) is 1. The quantitative estimate of drug-likeness (QED) is 0.238. The van der Waals surface area contributed by atoms with Gasteiger partial charge in [-0.1, -0.05) is 140 Å². The molecule has 4 aliphatic rings. The van der Waals surface area contributed by atoms with Crippen molar-refractivity contribution in [3.63, 3.8) is 0 Å². The third kappa shape index (κ3) is 3.50. The van der Waals surface area contributed by atoms with E-state index in [4.69, 9.17) is 4.99 Å². The number of allylic oxidation sites excluding steroid dienone is 3. The van der Waals surface area contributed by atoms with E-state index in [1.54, 1.807) is 0 Å². The highest BCUT2D eigenvalue weighted by Gasteiger charge is 2.52. The summed E-state index contributed by atoms with van der Waals surface area (Å²) >= 11 is 0. The van der Waals surface area contributed by atoms with Crippen molar-refractivity contribution in [1.29, 1.82) is 0 Å². The van der Waals surface area contributed by atoms with Crippen molar-refractivity contribution in [1.82, 2.24) is 5.32 Å². The highest BCUT2D eigenvalue weighted by Crippen LogP contribution is 2.63. The first-order valence-electron chi connectivity index (χ1n) is 15.2. The summed E-state index contributed by atoms with van der Waals surface area (Å²) < 4.78 is 0. The minimum Gasteiger partial charge on any atom is -0.340 e. The van der Waals surface area contributed by atoms with Crippen LogP contribution in [0.4, 0.5) is 0 Å². The molecule has 0 saturated heterocycles. The molecule has 0 aromatic heterocycles. The van der Waals surface area contributed by atoms with Crippen molar-refractivity contribution in [3.05, 3.63) is 190 Å². The molecular weight excluding hydrogens is 520 g/mol. The molecule has 1 atom stereocenters. The number of nitrogens with one attached hydrogen (secondary N) is 1. The van der Waals surface area contributed by atoms with Crippen molar-refractivity contribution in [2.24, 2.45) is 4.99 Å². The molecule has 1 spiro atoms. The van der Waals surface area contributed by atoms with Gasteiger partial charge in [-0.15, -0.1) is 0 Å². The maximum atomic E-state index is 5.36. The van der Waals surface area contributed by atoms with Crippen molar-refractivity contribution in [2.45, 2.75) is 24.3 Å². The molecule has 1 aliphatic heterocycles. The summed E-state index contributed by atoms with van der Waals surface area (Å²) in [7, 11) is 0. The van der Waals surface area contributed by atoms with Crippen LogP contribution >= 0.6 is 0 Å². The average Bonchev–Trinajstić information content (AvgIpc) is 3.56. The Kier molecular flexibility index (Phi) is 5.34. The van der Waals surface area contributed by atoms with Crippen LogP contribution in [0.25, 0.3) is 22.4 Å². The minimum absolute atomic E-state index is 0.0494. The van der Waals surface area contributed by atoms with Gasteiger partial charge in [0.15, 0.2) is 0 Å². The summed E-state index contributed by atoms with van der Waals surface area (Å²) in [5.41, 5.74) is 15.6. The number of rotatable bonds is 3. The first kappa shape index (κ1) is 24.4. The van der Waals surface area contributed by atoms with E-state index in [1.165, 1.54) is 61.2 Å². The Morgan fingerprint density at radius 2 is 1.14 bits per heavy atom. The zero-order chi connectivity index (χ0) is 28.4. The lowest BCUT2D eigenvalue weighted by Gasteiger charge is -2.33. The number of aliphatic imine (C=N–C) groups is 1. The lowest BCUT2D eigenvalue weighted by atomic mass is 9.68. The lowest BCUT2D eigenvalue weighted by Crippen LogP contribution is -2.31. The van der Waals surface area contributed by atoms with Gasteiger partial charge in [-0.2, -0.15) is 0 Å². The maximum absolute atomic E-state index is 5.36. The Labute approximate surface area is 252 Å². The van der Waals surface area contributed by atoms with Gasteiger partial charge < -0.3 is 5.32 Å². The Morgan fingerprint density at radius 3 is 1.81 bits per heavy atom. The second-order valence-corrected chi connectivity index (χ2v) is 11.9. The number of fused-ring (bicyclic) bond motifs is 9. The monoisotopic (exact) mass is 550 g/mol. The van der Waals surface area contributed by atoms with Gasteiger partial charge in [-0.3, -0.25) is 4.99 Å². The molecule has 43 heavy (non-hydrogen) atoms. The highest BCUT2D eigenvalue weighted by molar-refractivity contribution is 6.07. The summed E-state index contributed by atoms with van der Waals surface area (Å²) in [6, 6.07) is 48.4. The SMILES string of the molecule is C1=C(C2=NC(c3ccccc3)C=C(c3ccccc3)N2)CCC2=C1C1(c3ccccc32)c2ccccc2-c2ccccc21. The van der Waals surface area contributed by atoms with E-state index < -0.39 is 0 Å². The Morgan fingerprint density at radius 1 is 0.581 bits per heavy atom. The van der Waals surface area contributed by atoms with Gasteiger partial charge in [-0.25, -0.2) is 0 Å². The second kappa shape index (κ2) is 9.40. The summed E-state index contributed by atoms with van der Waals surface area (Å²) in [6.07, 6.45) is 6.69. The lowest BCUT2D eigenvalue weighted by molar-refractivity contribution is 0.777. The van der Waals surface area contributed by atoms with Crippen molar-refractivity contribution >= 4 is 17.1 Å². The average molecular weight is 551 g/mol. The second-order valence-electron chi connectivity index (χ2n) is 11.9. The fraction of sp³-hybridized carbons (Fsp3) is 0.0976. The normalized spacial score (nSPS) is 19.0. The molecule has 9 rings (SSSR count). The molecule has 5 aromatic rings. The standard InChI is InChI=1S/C41H30N2/c1-3-13-27(14-4-1)38-26-39(28-15-5-2-6-16-28)43-40(42-38)29-23-24-33-32-19-9-12-22-36(32)41(37(33)25-29)34-20-10-7-17-30(34)31-18-8-11-21-35(31)41/h1-22,25-26,38H,23-24H2,(H,42,43). The molecule has 2 heteroatoms. The molecule has 0 amide bonds. The molecule has 1 heterocycles. The van der Waals surface area contributed by atoms with E-state index in [9.17, 15) is 0 Å². The van der Waals surface area contributed by atoms with E-state index in [0.717, 1.165) is 24.4 Å². The van der Waals surface area contributed by atoms with Crippen LogP contribution in [0.5, 0.6) is 0 Å². The highest BCUT2D eigenvalue weighted by atomic mass is 15.0. The summed E-state index contributed by atoms with van der Waals surface area (Å²) in [6.45, 7) is 0. The van der Waals surface area contributed by atoms with Gasteiger partial charge in [0.25, 0.3) is 0 Å².